The van der Waals surface area contributed by atoms with Gasteiger partial charge in [-0.25, -0.2) is 0 Å². The van der Waals surface area contributed by atoms with Crippen LogP contribution >= 0.6 is 11.6 Å². The summed E-state index contributed by atoms with van der Waals surface area (Å²) in [6, 6.07) is 5.37. The molecule has 1 aliphatic rings. The van der Waals surface area contributed by atoms with E-state index >= 15 is 0 Å². The van der Waals surface area contributed by atoms with Crippen molar-refractivity contribution in [1.29, 1.82) is 0 Å². The van der Waals surface area contributed by atoms with Gasteiger partial charge in [0.05, 0.1) is 6.61 Å². The molecule has 0 aliphatic carbocycles. The van der Waals surface area contributed by atoms with Gasteiger partial charge in [-0.15, -0.1) is 0 Å². The fraction of sp³-hybridized carbons (Fsp3) is 0.417. The van der Waals surface area contributed by atoms with Crippen LogP contribution in [-0.2, 0) is 9.53 Å². The smallest absolute Gasteiger partial charge is 0.246 e. The average Bonchev–Trinajstić information content (AvgIpc) is 2.72. The number of carbonyl (C=O) groups excluding carboxylic acids is 1. The zero-order valence-electron chi connectivity index (χ0n) is 9.63. The predicted octanol–water partition coefficient (Wildman–Crippen LogP) is 1.70. The number of nitrogens with one attached hydrogen (secondary N) is 1. The van der Waals surface area contributed by atoms with E-state index in [0.717, 1.165) is 5.56 Å². The van der Waals surface area contributed by atoms with Crippen molar-refractivity contribution in [2.24, 2.45) is 5.73 Å². The van der Waals surface area contributed by atoms with Crippen LogP contribution in [0.15, 0.2) is 18.2 Å². The lowest BCUT2D eigenvalue weighted by atomic mass is 9.99. The standard InChI is InChI=1S/C12H15ClN2O2/c1-8-2-3-9(6-10(8)13)15-11(16)12(14)4-5-17-7-12/h2-3,6H,4-5,7,14H2,1H3,(H,15,16). The molecule has 0 radical (unpaired) electrons. The first kappa shape index (κ1) is 12.4. The number of halogens is 1. The molecule has 0 spiro atoms. The highest BCUT2D eigenvalue weighted by atomic mass is 35.5. The van der Waals surface area contributed by atoms with Crippen LogP contribution in [0.4, 0.5) is 5.69 Å². The monoisotopic (exact) mass is 254 g/mol. The maximum absolute atomic E-state index is 12.0. The first-order chi connectivity index (χ1) is 8.01. The summed E-state index contributed by atoms with van der Waals surface area (Å²) in [5.41, 5.74) is 6.65. The van der Waals surface area contributed by atoms with E-state index in [2.05, 4.69) is 5.32 Å². The number of rotatable bonds is 2. The maximum Gasteiger partial charge on any atom is 0.246 e. The highest BCUT2D eigenvalue weighted by Crippen LogP contribution is 2.22. The largest absolute Gasteiger partial charge is 0.379 e. The van der Waals surface area contributed by atoms with Crippen molar-refractivity contribution in [2.45, 2.75) is 18.9 Å². The molecule has 17 heavy (non-hydrogen) atoms. The van der Waals surface area contributed by atoms with Gasteiger partial charge in [-0.1, -0.05) is 17.7 Å². The second-order valence-electron chi connectivity index (χ2n) is 4.38. The van der Waals surface area contributed by atoms with E-state index in [1.165, 1.54) is 0 Å². The topological polar surface area (TPSA) is 64.4 Å². The second kappa shape index (κ2) is 4.64. The molecular weight excluding hydrogens is 240 g/mol. The van der Waals surface area contributed by atoms with Gasteiger partial charge in [0.1, 0.15) is 5.54 Å². The quantitative estimate of drug-likeness (QED) is 0.844. The molecule has 0 saturated carbocycles. The molecule has 1 saturated heterocycles. The fourth-order valence-electron chi connectivity index (χ4n) is 1.69. The van der Waals surface area contributed by atoms with Crippen molar-refractivity contribution >= 4 is 23.2 Å². The molecule has 1 aliphatic heterocycles. The third-order valence-corrected chi connectivity index (χ3v) is 3.34. The van der Waals surface area contributed by atoms with Crippen LogP contribution in [0.3, 0.4) is 0 Å². The molecule has 1 aromatic rings. The molecule has 4 nitrogen and oxygen atoms in total. The number of nitrogens with two attached hydrogens (primary N) is 1. The van der Waals surface area contributed by atoms with Gasteiger partial charge < -0.3 is 15.8 Å². The third kappa shape index (κ3) is 2.60. The van der Waals surface area contributed by atoms with Crippen molar-refractivity contribution in [2.75, 3.05) is 18.5 Å². The van der Waals surface area contributed by atoms with Crippen LogP contribution in [0.5, 0.6) is 0 Å². The van der Waals surface area contributed by atoms with Crippen molar-refractivity contribution in [3.05, 3.63) is 28.8 Å². The lowest BCUT2D eigenvalue weighted by molar-refractivity contribution is -0.121. The molecule has 0 aromatic heterocycles. The number of amides is 1. The van der Waals surface area contributed by atoms with Gasteiger partial charge in [0.2, 0.25) is 5.91 Å². The van der Waals surface area contributed by atoms with Crippen LogP contribution in [0.1, 0.15) is 12.0 Å². The van der Waals surface area contributed by atoms with E-state index < -0.39 is 5.54 Å². The summed E-state index contributed by atoms with van der Waals surface area (Å²) in [7, 11) is 0. The van der Waals surface area contributed by atoms with E-state index in [-0.39, 0.29) is 12.5 Å². The van der Waals surface area contributed by atoms with Crippen molar-refractivity contribution in [3.8, 4) is 0 Å². The zero-order chi connectivity index (χ0) is 12.5. The first-order valence-corrected chi connectivity index (χ1v) is 5.83. The highest BCUT2D eigenvalue weighted by Gasteiger charge is 2.38. The van der Waals surface area contributed by atoms with Gasteiger partial charge in [0.25, 0.3) is 0 Å². The molecule has 1 fully saturated rings. The molecule has 1 atom stereocenters. The van der Waals surface area contributed by atoms with Crippen molar-refractivity contribution < 1.29 is 9.53 Å². The molecule has 1 heterocycles. The molecule has 2 rings (SSSR count). The number of anilines is 1. The average molecular weight is 255 g/mol. The molecule has 3 N–H and O–H groups in total. The normalized spacial score (nSPS) is 23.7. The van der Waals surface area contributed by atoms with E-state index in [1.54, 1.807) is 12.1 Å². The Morgan fingerprint density at radius 3 is 2.94 bits per heavy atom. The Morgan fingerprint density at radius 1 is 1.59 bits per heavy atom. The minimum atomic E-state index is -0.919. The summed E-state index contributed by atoms with van der Waals surface area (Å²) in [6.07, 6.45) is 0.540. The number of aryl methyl sites for hydroxylation is 1. The number of hydrogen-bond acceptors (Lipinski definition) is 3. The Kier molecular flexibility index (Phi) is 3.38. The number of hydrogen-bond donors (Lipinski definition) is 2. The van der Waals surface area contributed by atoms with E-state index in [0.29, 0.717) is 23.7 Å². The highest BCUT2D eigenvalue weighted by molar-refractivity contribution is 6.31. The first-order valence-electron chi connectivity index (χ1n) is 5.45. The van der Waals surface area contributed by atoms with Gasteiger partial charge in [-0.2, -0.15) is 0 Å². The molecule has 92 valence electrons. The lowest BCUT2D eigenvalue weighted by Crippen LogP contribution is -2.51. The number of ether oxygens (including phenoxy) is 1. The molecular formula is C12H15ClN2O2. The Morgan fingerprint density at radius 2 is 2.35 bits per heavy atom. The Hall–Kier alpha value is -1.10. The minimum Gasteiger partial charge on any atom is -0.379 e. The van der Waals surface area contributed by atoms with Gasteiger partial charge in [0.15, 0.2) is 0 Å². The van der Waals surface area contributed by atoms with E-state index in [1.807, 2.05) is 13.0 Å². The van der Waals surface area contributed by atoms with E-state index in [9.17, 15) is 4.79 Å². The summed E-state index contributed by atoms with van der Waals surface area (Å²) in [6.45, 7) is 2.69. The molecule has 0 bridgehead atoms. The SMILES string of the molecule is Cc1ccc(NC(=O)C2(N)CCOC2)cc1Cl. The summed E-state index contributed by atoms with van der Waals surface area (Å²) in [5.74, 6) is -0.227. The number of benzene rings is 1. The number of carbonyl (C=O) groups is 1. The molecule has 1 aromatic carbocycles. The second-order valence-corrected chi connectivity index (χ2v) is 4.78. The summed E-state index contributed by atoms with van der Waals surface area (Å²) in [5, 5.41) is 3.39. The van der Waals surface area contributed by atoms with Crippen LogP contribution < -0.4 is 11.1 Å². The van der Waals surface area contributed by atoms with Gasteiger partial charge in [-0.05, 0) is 31.0 Å². The lowest BCUT2D eigenvalue weighted by Gasteiger charge is -2.20. The summed E-state index contributed by atoms with van der Waals surface area (Å²) < 4.78 is 5.15. The van der Waals surface area contributed by atoms with Crippen LogP contribution in [0, 0.1) is 6.92 Å². The van der Waals surface area contributed by atoms with Gasteiger partial charge in [-0.3, -0.25) is 4.79 Å². The summed E-state index contributed by atoms with van der Waals surface area (Å²) >= 11 is 5.98. The Balaban J connectivity index is 2.10. The van der Waals surface area contributed by atoms with Crippen LogP contribution in [0.25, 0.3) is 0 Å². The predicted molar refractivity (Wildman–Crippen MR) is 67.2 cm³/mol. The summed E-state index contributed by atoms with van der Waals surface area (Å²) in [4.78, 5) is 12.0. The molecule has 5 heteroatoms. The third-order valence-electron chi connectivity index (χ3n) is 2.93. The van der Waals surface area contributed by atoms with Crippen LogP contribution in [-0.4, -0.2) is 24.7 Å². The maximum atomic E-state index is 12.0. The van der Waals surface area contributed by atoms with Crippen molar-refractivity contribution in [3.63, 3.8) is 0 Å². The molecule has 1 unspecified atom stereocenters. The Bertz CT molecular complexity index is 442. The fourth-order valence-corrected chi connectivity index (χ4v) is 1.87. The van der Waals surface area contributed by atoms with Crippen LogP contribution in [0.2, 0.25) is 5.02 Å². The Labute approximate surface area is 105 Å². The zero-order valence-corrected chi connectivity index (χ0v) is 10.4. The van der Waals surface area contributed by atoms with Crippen molar-refractivity contribution in [1.82, 2.24) is 0 Å². The molecule has 1 amide bonds. The van der Waals surface area contributed by atoms with Gasteiger partial charge >= 0.3 is 0 Å². The van der Waals surface area contributed by atoms with E-state index in [4.69, 9.17) is 22.1 Å². The minimum absolute atomic E-state index is 0.227. The van der Waals surface area contributed by atoms with Gasteiger partial charge in [0, 0.05) is 17.3 Å².